The third kappa shape index (κ3) is 8.54. The van der Waals surface area contributed by atoms with E-state index in [1.54, 1.807) is 49.4 Å². The van der Waals surface area contributed by atoms with Gasteiger partial charge in [0, 0.05) is 19.0 Å². The molecule has 3 aromatic rings. The second kappa shape index (κ2) is 15.0. The SMILES string of the molecule is C=C(C(N)=O)C(NC(=O)[C@H](Cc1ccccc1)NC(=O)[C@@H](C)N(C)C(=O)C(N)Cc1c(C)cc(O)cc1C)c1ccccc1. The van der Waals surface area contributed by atoms with E-state index in [0.29, 0.717) is 5.56 Å². The third-order valence-electron chi connectivity index (χ3n) is 7.73. The summed E-state index contributed by atoms with van der Waals surface area (Å²) in [6.07, 6.45) is 0.366. The van der Waals surface area contributed by atoms with Gasteiger partial charge in [0.15, 0.2) is 0 Å². The number of benzene rings is 3. The Hall–Kier alpha value is -4.96. The van der Waals surface area contributed by atoms with Crippen LogP contribution in [0.2, 0.25) is 0 Å². The van der Waals surface area contributed by atoms with Crippen LogP contribution in [0.1, 0.15) is 40.8 Å². The highest BCUT2D eigenvalue weighted by molar-refractivity contribution is 5.96. The van der Waals surface area contributed by atoms with Crippen LogP contribution in [-0.4, -0.2) is 58.8 Å². The molecule has 0 saturated carbocycles. The summed E-state index contributed by atoms with van der Waals surface area (Å²) in [6.45, 7) is 8.99. The van der Waals surface area contributed by atoms with E-state index < -0.39 is 47.8 Å². The molecule has 10 nitrogen and oxygen atoms in total. The normalized spacial score (nSPS) is 13.6. The number of carbonyl (C=O) groups is 4. The van der Waals surface area contributed by atoms with Crippen molar-refractivity contribution in [2.75, 3.05) is 7.05 Å². The minimum Gasteiger partial charge on any atom is -0.508 e. The molecule has 0 spiro atoms. The molecule has 0 saturated heterocycles. The Morgan fingerprint density at radius 2 is 1.43 bits per heavy atom. The van der Waals surface area contributed by atoms with Crippen LogP contribution in [0.3, 0.4) is 0 Å². The van der Waals surface area contributed by atoms with E-state index in [2.05, 4.69) is 17.2 Å². The topological polar surface area (TPSA) is 168 Å². The second-order valence-corrected chi connectivity index (χ2v) is 11.0. The summed E-state index contributed by atoms with van der Waals surface area (Å²) in [7, 11) is 1.48. The smallest absolute Gasteiger partial charge is 0.246 e. The highest BCUT2D eigenvalue weighted by Crippen LogP contribution is 2.23. The van der Waals surface area contributed by atoms with Crippen LogP contribution in [0.25, 0.3) is 0 Å². The van der Waals surface area contributed by atoms with Gasteiger partial charge in [-0.25, -0.2) is 0 Å². The predicted octanol–water partition coefficient (Wildman–Crippen LogP) is 2.35. The Balaban J connectivity index is 1.79. The lowest BCUT2D eigenvalue weighted by atomic mass is 9.95. The number of aromatic hydroxyl groups is 1. The minimum absolute atomic E-state index is 0.0128. The molecule has 0 aliphatic heterocycles. The summed E-state index contributed by atoms with van der Waals surface area (Å²) in [5, 5.41) is 15.4. The van der Waals surface area contributed by atoms with Gasteiger partial charge in [-0.3, -0.25) is 19.2 Å². The number of rotatable bonds is 13. The van der Waals surface area contributed by atoms with E-state index in [1.165, 1.54) is 11.9 Å². The van der Waals surface area contributed by atoms with Crippen molar-refractivity contribution in [3.8, 4) is 5.75 Å². The van der Waals surface area contributed by atoms with E-state index in [9.17, 15) is 24.3 Å². The molecule has 0 aliphatic rings. The first kappa shape index (κ1) is 33.5. The van der Waals surface area contributed by atoms with Crippen LogP contribution in [0, 0.1) is 13.8 Å². The van der Waals surface area contributed by atoms with Gasteiger partial charge in [-0.15, -0.1) is 0 Å². The van der Waals surface area contributed by atoms with Gasteiger partial charge in [0.1, 0.15) is 17.8 Å². The van der Waals surface area contributed by atoms with E-state index in [4.69, 9.17) is 11.5 Å². The lowest BCUT2D eigenvalue weighted by Gasteiger charge is -2.29. The molecule has 0 aliphatic carbocycles. The molecule has 0 radical (unpaired) electrons. The largest absolute Gasteiger partial charge is 0.508 e. The number of nitrogens with zero attached hydrogens (tertiary/aromatic N) is 1. The van der Waals surface area contributed by atoms with Crippen LogP contribution < -0.4 is 22.1 Å². The van der Waals surface area contributed by atoms with E-state index in [1.807, 2.05) is 44.2 Å². The fourth-order valence-corrected chi connectivity index (χ4v) is 4.98. The summed E-state index contributed by atoms with van der Waals surface area (Å²) in [5.74, 6) is -2.22. The molecule has 0 heterocycles. The Labute approximate surface area is 258 Å². The molecule has 4 amide bonds. The summed E-state index contributed by atoms with van der Waals surface area (Å²) >= 11 is 0. The Morgan fingerprint density at radius 1 is 0.886 bits per heavy atom. The molecule has 232 valence electrons. The number of aryl methyl sites for hydroxylation is 2. The number of primary amides is 1. The maximum atomic E-state index is 13.7. The molecular weight excluding hydrogens is 558 g/mol. The fourth-order valence-electron chi connectivity index (χ4n) is 4.98. The highest BCUT2D eigenvalue weighted by atomic mass is 16.3. The number of phenols is 1. The zero-order valence-electron chi connectivity index (χ0n) is 25.5. The maximum absolute atomic E-state index is 13.7. The number of phenolic OH excluding ortho intramolecular Hbond substituents is 1. The lowest BCUT2D eigenvalue weighted by Crippen LogP contribution is -2.56. The van der Waals surface area contributed by atoms with Crippen molar-refractivity contribution < 1.29 is 24.3 Å². The van der Waals surface area contributed by atoms with Crippen molar-refractivity contribution in [1.82, 2.24) is 15.5 Å². The van der Waals surface area contributed by atoms with Gasteiger partial charge in [-0.1, -0.05) is 67.2 Å². The van der Waals surface area contributed by atoms with Gasteiger partial charge in [0.05, 0.1) is 12.1 Å². The lowest BCUT2D eigenvalue weighted by molar-refractivity contribution is -0.140. The summed E-state index contributed by atoms with van der Waals surface area (Å²) in [5.41, 5.74) is 15.6. The number of nitrogens with one attached hydrogen (secondary N) is 2. The van der Waals surface area contributed by atoms with Gasteiger partial charge in [-0.05, 0) is 67.1 Å². The van der Waals surface area contributed by atoms with Crippen LogP contribution in [0.15, 0.2) is 84.9 Å². The van der Waals surface area contributed by atoms with Crippen LogP contribution in [0.4, 0.5) is 0 Å². The average molecular weight is 600 g/mol. The van der Waals surface area contributed by atoms with Gasteiger partial charge in [-0.2, -0.15) is 0 Å². The minimum atomic E-state index is -1.06. The molecule has 3 aromatic carbocycles. The van der Waals surface area contributed by atoms with Crippen LogP contribution >= 0.6 is 0 Å². The Morgan fingerprint density at radius 3 is 1.98 bits per heavy atom. The molecule has 2 unspecified atom stereocenters. The van der Waals surface area contributed by atoms with Crippen LogP contribution in [-0.2, 0) is 32.0 Å². The maximum Gasteiger partial charge on any atom is 0.246 e. The number of hydrogen-bond acceptors (Lipinski definition) is 6. The number of nitrogens with two attached hydrogens (primary N) is 2. The Bertz CT molecular complexity index is 1490. The fraction of sp³-hybridized carbons (Fsp3) is 0.294. The van der Waals surface area contributed by atoms with Crippen molar-refractivity contribution in [2.24, 2.45) is 11.5 Å². The molecule has 10 heteroatoms. The zero-order chi connectivity index (χ0) is 32.6. The first-order chi connectivity index (χ1) is 20.8. The molecule has 44 heavy (non-hydrogen) atoms. The summed E-state index contributed by atoms with van der Waals surface area (Å²) < 4.78 is 0. The average Bonchev–Trinajstić information content (AvgIpc) is 3.00. The number of likely N-dealkylation sites (N-methyl/N-ethyl adjacent to an activating group) is 1. The first-order valence-electron chi connectivity index (χ1n) is 14.3. The molecule has 4 atom stereocenters. The van der Waals surface area contributed by atoms with Gasteiger partial charge in [0.25, 0.3) is 0 Å². The molecule has 0 bridgehead atoms. The molecular formula is C34H41N5O5. The highest BCUT2D eigenvalue weighted by Gasteiger charge is 2.32. The standard InChI is InChI=1S/C34H41N5O5/c1-20-16-26(40)17-21(2)27(20)19-28(35)34(44)39(5)23(4)32(42)37-29(18-24-12-8-6-9-13-24)33(43)38-30(22(3)31(36)41)25-14-10-7-11-15-25/h6-17,23,28-30,40H,3,18-19,35H2,1-2,4-5H3,(H2,36,41)(H,37,42)(H,38,43)/t23-,28?,29+,30?/m1/s1. The van der Waals surface area contributed by atoms with E-state index in [-0.39, 0.29) is 24.2 Å². The summed E-state index contributed by atoms with van der Waals surface area (Å²) in [6, 6.07) is 17.3. The second-order valence-electron chi connectivity index (χ2n) is 11.0. The number of amides is 4. The van der Waals surface area contributed by atoms with Crippen molar-refractivity contribution in [3.05, 3.63) is 113 Å². The van der Waals surface area contributed by atoms with Gasteiger partial charge in [0.2, 0.25) is 23.6 Å². The van der Waals surface area contributed by atoms with Crippen molar-refractivity contribution in [2.45, 2.75) is 57.8 Å². The third-order valence-corrected chi connectivity index (χ3v) is 7.73. The monoisotopic (exact) mass is 599 g/mol. The number of carbonyl (C=O) groups excluding carboxylic acids is 4. The quantitative estimate of drug-likeness (QED) is 0.189. The van der Waals surface area contributed by atoms with Crippen LogP contribution in [0.5, 0.6) is 5.75 Å². The zero-order valence-corrected chi connectivity index (χ0v) is 25.5. The molecule has 0 fully saturated rings. The predicted molar refractivity (Wildman–Crippen MR) is 169 cm³/mol. The van der Waals surface area contributed by atoms with E-state index >= 15 is 0 Å². The van der Waals surface area contributed by atoms with Gasteiger partial charge >= 0.3 is 0 Å². The molecule has 3 rings (SSSR count). The van der Waals surface area contributed by atoms with Crippen molar-refractivity contribution in [3.63, 3.8) is 0 Å². The van der Waals surface area contributed by atoms with Crippen molar-refractivity contribution >= 4 is 23.6 Å². The Kier molecular flexibility index (Phi) is 11.4. The summed E-state index contributed by atoms with van der Waals surface area (Å²) in [4.78, 5) is 53.7. The van der Waals surface area contributed by atoms with Gasteiger partial charge < -0.3 is 32.1 Å². The van der Waals surface area contributed by atoms with E-state index in [0.717, 1.165) is 22.3 Å². The first-order valence-corrected chi connectivity index (χ1v) is 14.3. The van der Waals surface area contributed by atoms with Crippen molar-refractivity contribution in [1.29, 1.82) is 0 Å². The number of hydrogen-bond donors (Lipinski definition) is 5. The molecule has 7 N–H and O–H groups in total. The molecule has 0 aromatic heterocycles.